The highest BCUT2D eigenvalue weighted by Gasteiger charge is 2.33. The zero-order valence-corrected chi connectivity index (χ0v) is 25.1. The Bertz CT molecular complexity index is 1210. The minimum atomic E-state index is -1.54. The lowest BCUT2D eigenvalue weighted by Crippen LogP contribution is -2.43. The molecule has 2 rings (SSSR count). The monoisotopic (exact) mass is 569 g/mol. The lowest BCUT2D eigenvalue weighted by atomic mass is 10.1. The van der Waals surface area contributed by atoms with Gasteiger partial charge in [-0.25, -0.2) is 4.79 Å². The maximum atomic E-state index is 13.4. The number of ether oxygens (including phenoxy) is 3. The molecular formula is C31H43N3O7. The van der Waals surface area contributed by atoms with E-state index in [0.29, 0.717) is 30.3 Å². The van der Waals surface area contributed by atoms with Gasteiger partial charge in [0.15, 0.2) is 5.60 Å². The number of amides is 2. The second kappa shape index (κ2) is 15.1. The van der Waals surface area contributed by atoms with Gasteiger partial charge in [0.1, 0.15) is 23.1 Å². The second-order valence-electron chi connectivity index (χ2n) is 10.8. The number of carbonyl (C=O) groups is 3. The van der Waals surface area contributed by atoms with E-state index in [1.54, 1.807) is 47.4 Å². The Morgan fingerprint density at radius 1 is 0.902 bits per heavy atom. The van der Waals surface area contributed by atoms with Crippen molar-refractivity contribution in [1.82, 2.24) is 4.90 Å². The highest BCUT2D eigenvalue weighted by molar-refractivity contribution is 6.03. The molecule has 0 radical (unpaired) electrons. The molecule has 10 nitrogen and oxygen atoms in total. The molecule has 2 aromatic carbocycles. The van der Waals surface area contributed by atoms with Crippen LogP contribution >= 0.6 is 0 Å². The number of amidine groups is 1. The minimum absolute atomic E-state index is 0.0481. The average Bonchev–Trinajstić information content (AvgIpc) is 2.87. The van der Waals surface area contributed by atoms with Gasteiger partial charge in [0.2, 0.25) is 5.91 Å². The largest absolute Gasteiger partial charge is 0.494 e. The Morgan fingerprint density at radius 3 is 1.95 bits per heavy atom. The van der Waals surface area contributed by atoms with Gasteiger partial charge in [0.05, 0.1) is 18.8 Å². The number of benzene rings is 2. The maximum Gasteiger partial charge on any atom is 0.347 e. The van der Waals surface area contributed by atoms with E-state index >= 15 is 0 Å². The number of rotatable bonds is 15. The lowest BCUT2D eigenvalue weighted by Gasteiger charge is -2.32. The molecular weight excluding hydrogens is 526 g/mol. The lowest BCUT2D eigenvalue weighted by molar-refractivity contribution is -0.152. The number of carboxylic acid groups (broad SMARTS) is 1. The van der Waals surface area contributed by atoms with Gasteiger partial charge < -0.3 is 30.0 Å². The van der Waals surface area contributed by atoms with Crippen LogP contribution in [0.1, 0.15) is 83.7 Å². The first-order chi connectivity index (χ1) is 19.2. The zero-order chi connectivity index (χ0) is 30.7. The van der Waals surface area contributed by atoms with Gasteiger partial charge in [-0.15, -0.1) is 0 Å². The third-order valence-corrected chi connectivity index (χ3v) is 6.16. The van der Waals surface area contributed by atoms with Crippen LogP contribution in [-0.2, 0) is 9.59 Å². The third kappa shape index (κ3) is 10.1. The van der Waals surface area contributed by atoms with Gasteiger partial charge in [-0.3, -0.25) is 9.59 Å². The molecule has 0 fully saturated rings. The van der Waals surface area contributed by atoms with E-state index in [1.807, 2.05) is 27.7 Å². The van der Waals surface area contributed by atoms with Gasteiger partial charge in [0.25, 0.3) is 5.91 Å². The maximum absolute atomic E-state index is 13.4. The molecule has 224 valence electrons. The number of aliphatic carboxylic acids is 1. The highest BCUT2D eigenvalue weighted by atomic mass is 16.5. The van der Waals surface area contributed by atoms with E-state index in [4.69, 9.17) is 19.9 Å². The van der Waals surface area contributed by atoms with Gasteiger partial charge in [-0.1, -0.05) is 0 Å². The molecule has 10 heteroatoms. The smallest absolute Gasteiger partial charge is 0.347 e. The predicted molar refractivity (Wildman–Crippen MR) is 158 cm³/mol. The Balaban J connectivity index is 1.94. The molecule has 0 aromatic heterocycles. The van der Waals surface area contributed by atoms with Crippen molar-refractivity contribution in [1.29, 1.82) is 0 Å². The molecule has 0 heterocycles. The summed E-state index contributed by atoms with van der Waals surface area (Å²) in [5.74, 6) is -0.212. The van der Waals surface area contributed by atoms with Crippen LogP contribution in [0.4, 0.5) is 0 Å². The summed E-state index contributed by atoms with van der Waals surface area (Å²) in [4.78, 5) is 41.6. The number of aliphatic imine (C=N–C) groups is 1. The minimum Gasteiger partial charge on any atom is -0.494 e. The summed E-state index contributed by atoms with van der Waals surface area (Å²) in [6.07, 6.45) is 2.44. The number of nitrogens with two attached hydrogens (primary N) is 1. The summed E-state index contributed by atoms with van der Waals surface area (Å²) in [5, 5.41) is 9.58. The molecule has 0 saturated carbocycles. The van der Waals surface area contributed by atoms with Crippen LogP contribution in [0.3, 0.4) is 0 Å². The van der Waals surface area contributed by atoms with E-state index < -0.39 is 11.6 Å². The molecule has 0 aliphatic rings. The fourth-order valence-electron chi connectivity index (χ4n) is 4.09. The predicted octanol–water partition coefficient (Wildman–Crippen LogP) is 5.07. The van der Waals surface area contributed by atoms with Crippen molar-refractivity contribution >= 4 is 23.6 Å². The van der Waals surface area contributed by atoms with Gasteiger partial charge in [-0.05, 0) is 97.2 Å². The molecule has 2 amide bonds. The third-order valence-electron chi connectivity index (χ3n) is 6.16. The normalized spacial score (nSPS) is 11.9. The first-order valence-electron chi connectivity index (χ1n) is 13.8. The summed E-state index contributed by atoms with van der Waals surface area (Å²) < 4.78 is 17.5. The van der Waals surface area contributed by atoms with Crippen LogP contribution in [0.5, 0.6) is 17.2 Å². The van der Waals surface area contributed by atoms with Gasteiger partial charge >= 0.3 is 5.97 Å². The number of unbranched alkanes of at least 4 members (excludes halogenated alkanes) is 2. The average molecular weight is 570 g/mol. The van der Waals surface area contributed by atoms with E-state index in [2.05, 4.69) is 4.99 Å². The van der Waals surface area contributed by atoms with Gasteiger partial charge in [-0.2, -0.15) is 4.99 Å². The zero-order valence-electron chi connectivity index (χ0n) is 25.1. The van der Waals surface area contributed by atoms with Crippen LogP contribution in [0.15, 0.2) is 47.5 Å². The van der Waals surface area contributed by atoms with Crippen molar-refractivity contribution < 1.29 is 33.7 Å². The van der Waals surface area contributed by atoms with Crippen LogP contribution in [-0.4, -0.2) is 64.5 Å². The fraction of sp³-hybridized carbons (Fsp3) is 0.484. The molecule has 0 atom stereocenters. The summed E-state index contributed by atoms with van der Waals surface area (Å²) in [7, 11) is 0. The van der Waals surface area contributed by atoms with Crippen LogP contribution in [0.25, 0.3) is 0 Å². The molecule has 0 aliphatic carbocycles. The quantitative estimate of drug-likeness (QED) is 0.172. The Morgan fingerprint density at radius 2 is 1.44 bits per heavy atom. The van der Waals surface area contributed by atoms with Crippen LogP contribution < -0.4 is 19.9 Å². The van der Waals surface area contributed by atoms with Crippen molar-refractivity contribution in [3.8, 4) is 17.2 Å². The fourth-order valence-corrected chi connectivity index (χ4v) is 4.09. The highest BCUT2D eigenvalue weighted by Crippen LogP contribution is 2.31. The molecule has 41 heavy (non-hydrogen) atoms. The van der Waals surface area contributed by atoms with Crippen LogP contribution in [0.2, 0.25) is 0 Å². The van der Waals surface area contributed by atoms with E-state index in [-0.39, 0.29) is 41.0 Å². The Kier molecular flexibility index (Phi) is 12.2. The number of nitrogens with zero attached hydrogens (tertiary/aromatic N) is 2. The first kappa shape index (κ1) is 33.1. The van der Waals surface area contributed by atoms with E-state index in [9.17, 15) is 19.5 Å². The van der Waals surface area contributed by atoms with Crippen molar-refractivity contribution in [2.24, 2.45) is 10.7 Å². The van der Waals surface area contributed by atoms with Crippen molar-refractivity contribution in [3.05, 3.63) is 53.6 Å². The molecule has 0 aliphatic heterocycles. The number of hydrogen-bond donors (Lipinski definition) is 2. The topological polar surface area (TPSA) is 141 Å². The van der Waals surface area contributed by atoms with E-state index in [1.165, 1.54) is 20.8 Å². The van der Waals surface area contributed by atoms with Crippen molar-refractivity contribution in [2.75, 3.05) is 13.2 Å². The molecule has 2 aromatic rings. The molecule has 0 unspecified atom stereocenters. The van der Waals surface area contributed by atoms with Gasteiger partial charge in [0, 0.05) is 30.6 Å². The Labute approximate surface area is 242 Å². The van der Waals surface area contributed by atoms with Crippen LogP contribution in [0, 0.1) is 0 Å². The molecule has 3 N–H and O–H groups in total. The van der Waals surface area contributed by atoms with Crippen molar-refractivity contribution in [3.63, 3.8) is 0 Å². The summed E-state index contributed by atoms with van der Waals surface area (Å²) >= 11 is 0. The number of carboxylic acids is 1. The summed E-state index contributed by atoms with van der Waals surface area (Å²) in [5.41, 5.74) is 5.19. The SMILES string of the molecule is CC(=O)/N=C(\N)c1ccc(OCCCCCOc2ccc(C(=O)N(C(C)C)C(C)C)c(OC(C)(C)C(=O)O)c2)cc1. The second-order valence-corrected chi connectivity index (χ2v) is 10.8. The summed E-state index contributed by atoms with van der Waals surface area (Å²) in [6, 6.07) is 11.9. The summed E-state index contributed by atoms with van der Waals surface area (Å²) in [6.45, 7) is 12.9. The first-order valence-corrected chi connectivity index (χ1v) is 13.8. The number of carbonyl (C=O) groups excluding carboxylic acids is 2. The molecule has 0 saturated heterocycles. The molecule has 0 spiro atoms. The Hall–Kier alpha value is -4.08. The van der Waals surface area contributed by atoms with Crippen molar-refractivity contribution in [2.45, 2.75) is 85.4 Å². The number of hydrogen-bond acceptors (Lipinski definition) is 6. The van der Waals surface area contributed by atoms with E-state index in [0.717, 1.165) is 19.3 Å². The molecule has 0 bridgehead atoms. The standard InChI is InChI=1S/C31H43N3O7/c1-20(2)34(21(3)4)29(36)26-16-15-25(19-27(26)41-31(6,7)30(37)38)40-18-10-8-9-17-39-24-13-11-23(12-14-24)28(32)33-22(5)35/h11-16,19-21H,8-10,17-18H2,1-7H3,(H,37,38)(H2,32,33,35).